The van der Waals surface area contributed by atoms with Gasteiger partial charge < -0.3 is 14.2 Å². The van der Waals surface area contributed by atoms with Crippen LogP contribution in [-0.2, 0) is 20.7 Å². The Kier molecular flexibility index (Phi) is 4.42. The van der Waals surface area contributed by atoms with Crippen LogP contribution in [0.15, 0.2) is 4.52 Å². The number of carbonyl (C=O) groups excluding carboxylic acids is 2. The van der Waals surface area contributed by atoms with Crippen molar-refractivity contribution in [3.05, 3.63) is 17.0 Å². The fraction of sp³-hybridized carbons (Fsp3) is 0.643. The molecular formula is C14H20N2O4. The highest BCUT2D eigenvalue weighted by Crippen LogP contribution is 2.21. The first-order valence-electron chi connectivity index (χ1n) is 6.83. The van der Waals surface area contributed by atoms with Gasteiger partial charge in [0.1, 0.15) is 11.8 Å². The van der Waals surface area contributed by atoms with E-state index in [0.717, 1.165) is 24.1 Å². The summed E-state index contributed by atoms with van der Waals surface area (Å²) < 4.78 is 9.86. The van der Waals surface area contributed by atoms with E-state index in [0.29, 0.717) is 18.7 Å². The van der Waals surface area contributed by atoms with Crippen LogP contribution in [0, 0.1) is 13.8 Å². The van der Waals surface area contributed by atoms with Gasteiger partial charge in [-0.15, -0.1) is 0 Å². The number of rotatable bonds is 3. The van der Waals surface area contributed by atoms with Gasteiger partial charge in [0, 0.05) is 12.1 Å². The number of ether oxygens (including phenoxy) is 1. The van der Waals surface area contributed by atoms with E-state index in [-0.39, 0.29) is 18.3 Å². The molecule has 6 heteroatoms. The number of esters is 1. The molecular weight excluding hydrogens is 260 g/mol. The number of hydrogen-bond acceptors (Lipinski definition) is 5. The van der Waals surface area contributed by atoms with Crippen molar-refractivity contribution < 1.29 is 18.8 Å². The molecule has 0 saturated carbocycles. The molecule has 0 N–H and O–H groups in total. The predicted octanol–water partition coefficient (Wildman–Crippen LogP) is 1.39. The molecule has 0 aromatic carbocycles. The zero-order chi connectivity index (χ0) is 14.7. The first kappa shape index (κ1) is 14.6. The summed E-state index contributed by atoms with van der Waals surface area (Å²) in [5.41, 5.74) is 1.53. The number of piperidine rings is 1. The van der Waals surface area contributed by atoms with Crippen molar-refractivity contribution in [1.82, 2.24) is 10.1 Å². The first-order valence-corrected chi connectivity index (χ1v) is 6.83. The van der Waals surface area contributed by atoms with Gasteiger partial charge in [0.2, 0.25) is 5.91 Å². The van der Waals surface area contributed by atoms with Gasteiger partial charge in [0.15, 0.2) is 0 Å². The summed E-state index contributed by atoms with van der Waals surface area (Å²) in [4.78, 5) is 25.8. The molecule has 1 aromatic heterocycles. The molecule has 1 fully saturated rings. The lowest BCUT2D eigenvalue weighted by Crippen LogP contribution is -2.49. The monoisotopic (exact) mass is 280 g/mol. The largest absolute Gasteiger partial charge is 0.467 e. The number of amides is 1. The van der Waals surface area contributed by atoms with Gasteiger partial charge in [-0.05, 0) is 33.1 Å². The predicted molar refractivity (Wildman–Crippen MR) is 71.0 cm³/mol. The second kappa shape index (κ2) is 6.07. The number of carbonyl (C=O) groups is 2. The Morgan fingerprint density at radius 3 is 2.75 bits per heavy atom. The molecule has 20 heavy (non-hydrogen) atoms. The van der Waals surface area contributed by atoms with Crippen LogP contribution in [0.5, 0.6) is 0 Å². The number of aromatic nitrogens is 1. The van der Waals surface area contributed by atoms with E-state index >= 15 is 0 Å². The van der Waals surface area contributed by atoms with Crippen LogP contribution >= 0.6 is 0 Å². The van der Waals surface area contributed by atoms with E-state index in [4.69, 9.17) is 9.26 Å². The van der Waals surface area contributed by atoms with Crippen molar-refractivity contribution >= 4 is 11.9 Å². The van der Waals surface area contributed by atoms with E-state index in [9.17, 15) is 9.59 Å². The van der Waals surface area contributed by atoms with Crippen molar-refractivity contribution in [3.63, 3.8) is 0 Å². The van der Waals surface area contributed by atoms with E-state index in [1.54, 1.807) is 11.8 Å². The van der Waals surface area contributed by atoms with E-state index in [2.05, 4.69) is 5.16 Å². The molecule has 1 aliphatic rings. The minimum absolute atomic E-state index is 0.0745. The minimum Gasteiger partial charge on any atom is -0.467 e. The molecule has 1 unspecified atom stereocenters. The van der Waals surface area contributed by atoms with Gasteiger partial charge in [-0.3, -0.25) is 4.79 Å². The summed E-state index contributed by atoms with van der Waals surface area (Å²) in [6, 6.07) is -0.457. The molecule has 2 rings (SSSR count). The lowest BCUT2D eigenvalue weighted by Gasteiger charge is -2.33. The number of nitrogens with zero attached hydrogens (tertiary/aromatic N) is 2. The summed E-state index contributed by atoms with van der Waals surface area (Å²) in [5.74, 6) is 0.244. The normalized spacial score (nSPS) is 18.9. The fourth-order valence-corrected chi connectivity index (χ4v) is 2.62. The number of aryl methyl sites for hydroxylation is 2. The number of methoxy groups -OCH3 is 1. The topological polar surface area (TPSA) is 72.6 Å². The van der Waals surface area contributed by atoms with E-state index < -0.39 is 6.04 Å². The van der Waals surface area contributed by atoms with Crippen molar-refractivity contribution in [2.75, 3.05) is 13.7 Å². The quantitative estimate of drug-likeness (QED) is 0.782. The average Bonchev–Trinajstić information content (AvgIpc) is 2.78. The Labute approximate surface area is 118 Å². The molecule has 1 atom stereocenters. The van der Waals surface area contributed by atoms with E-state index in [1.807, 2.05) is 6.92 Å². The lowest BCUT2D eigenvalue weighted by molar-refractivity contribution is -0.154. The molecule has 1 amide bonds. The van der Waals surface area contributed by atoms with Gasteiger partial charge in [-0.25, -0.2) is 4.79 Å². The van der Waals surface area contributed by atoms with Gasteiger partial charge in [0.05, 0.1) is 19.2 Å². The smallest absolute Gasteiger partial charge is 0.328 e. The zero-order valence-corrected chi connectivity index (χ0v) is 12.1. The number of likely N-dealkylation sites (tertiary alicyclic amines) is 1. The summed E-state index contributed by atoms with van der Waals surface area (Å²) in [6.07, 6.45) is 2.74. The molecule has 1 aliphatic heterocycles. The highest BCUT2D eigenvalue weighted by atomic mass is 16.5. The average molecular weight is 280 g/mol. The van der Waals surface area contributed by atoms with Gasteiger partial charge in [-0.1, -0.05) is 5.16 Å². The highest BCUT2D eigenvalue weighted by Gasteiger charge is 2.33. The maximum atomic E-state index is 12.4. The molecule has 2 heterocycles. The molecule has 1 saturated heterocycles. The van der Waals surface area contributed by atoms with Crippen LogP contribution in [0.2, 0.25) is 0 Å². The minimum atomic E-state index is -0.457. The SMILES string of the molecule is COC(=O)C1CCCCN1C(=O)Cc1c(C)noc1C. The van der Waals surface area contributed by atoms with Crippen LogP contribution in [-0.4, -0.2) is 41.6 Å². The Morgan fingerprint density at radius 1 is 1.40 bits per heavy atom. The van der Waals surface area contributed by atoms with Crippen LogP contribution in [0.3, 0.4) is 0 Å². The second-order valence-corrected chi connectivity index (χ2v) is 5.10. The Hall–Kier alpha value is -1.85. The van der Waals surface area contributed by atoms with Gasteiger partial charge in [0.25, 0.3) is 0 Å². The third kappa shape index (κ3) is 2.84. The maximum Gasteiger partial charge on any atom is 0.328 e. The molecule has 6 nitrogen and oxygen atoms in total. The van der Waals surface area contributed by atoms with Crippen LogP contribution in [0.25, 0.3) is 0 Å². The second-order valence-electron chi connectivity index (χ2n) is 5.10. The van der Waals surface area contributed by atoms with Crippen molar-refractivity contribution in [3.8, 4) is 0 Å². The van der Waals surface area contributed by atoms with Crippen molar-refractivity contribution in [1.29, 1.82) is 0 Å². The summed E-state index contributed by atoms with van der Waals surface area (Å²) in [6.45, 7) is 4.20. The van der Waals surface area contributed by atoms with E-state index in [1.165, 1.54) is 7.11 Å². The lowest BCUT2D eigenvalue weighted by atomic mass is 10.0. The summed E-state index contributed by atoms with van der Waals surface area (Å²) >= 11 is 0. The molecule has 0 radical (unpaired) electrons. The standard InChI is InChI=1S/C14H20N2O4/c1-9-11(10(2)20-15-9)8-13(17)16-7-5-4-6-12(16)14(18)19-3/h12H,4-8H2,1-3H3. The van der Waals surface area contributed by atoms with Gasteiger partial charge in [-0.2, -0.15) is 0 Å². The van der Waals surface area contributed by atoms with Gasteiger partial charge >= 0.3 is 5.97 Å². The molecule has 1 aromatic rings. The van der Waals surface area contributed by atoms with Crippen molar-refractivity contribution in [2.45, 2.75) is 45.6 Å². The highest BCUT2D eigenvalue weighted by molar-refractivity contribution is 5.86. The van der Waals surface area contributed by atoms with Crippen LogP contribution < -0.4 is 0 Å². The third-order valence-electron chi connectivity index (χ3n) is 3.81. The fourth-order valence-electron chi connectivity index (χ4n) is 2.62. The van der Waals surface area contributed by atoms with Crippen molar-refractivity contribution in [2.24, 2.45) is 0 Å². The van der Waals surface area contributed by atoms with Crippen LogP contribution in [0.1, 0.15) is 36.3 Å². The third-order valence-corrected chi connectivity index (χ3v) is 3.81. The Morgan fingerprint density at radius 2 is 2.15 bits per heavy atom. The molecule has 110 valence electrons. The first-order chi connectivity index (χ1) is 9.54. The summed E-state index contributed by atoms with van der Waals surface area (Å²) in [5, 5.41) is 3.85. The molecule has 0 spiro atoms. The Bertz CT molecular complexity index is 490. The van der Waals surface area contributed by atoms with Crippen LogP contribution in [0.4, 0.5) is 0 Å². The number of hydrogen-bond donors (Lipinski definition) is 0. The zero-order valence-electron chi connectivity index (χ0n) is 12.1. The molecule has 0 aliphatic carbocycles. The molecule has 0 bridgehead atoms. The maximum absolute atomic E-state index is 12.4. The Balaban J connectivity index is 2.12. The summed E-state index contributed by atoms with van der Waals surface area (Å²) in [7, 11) is 1.36.